The van der Waals surface area contributed by atoms with E-state index in [1.165, 1.54) is 6.33 Å². The molecule has 1 N–H and O–H groups in total. The quantitative estimate of drug-likeness (QED) is 0.592. The van der Waals surface area contributed by atoms with Crippen molar-refractivity contribution in [2.24, 2.45) is 0 Å². The smallest absolute Gasteiger partial charge is 0.297 e. The predicted molar refractivity (Wildman–Crippen MR) is 93.2 cm³/mol. The van der Waals surface area contributed by atoms with Gasteiger partial charge in [-0.3, -0.25) is 0 Å². The molecule has 4 rings (SSSR count). The Morgan fingerprint density at radius 3 is 2.54 bits per heavy atom. The van der Waals surface area contributed by atoms with Crippen molar-refractivity contribution < 1.29 is 8.78 Å². The number of hydrogen-bond acceptors (Lipinski definition) is 5. The molecule has 0 amide bonds. The summed E-state index contributed by atoms with van der Waals surface area (Å²) < 4.78 is 27.8. The normalized spacial score (nSPS) is 11.2. The summed E-state index contributed by atoms with van der Waals surface area (Å²) in [5.74, 6) is -0.0843. The second kappa shape index (κ2) is 6.83. The molecule has 26 heavy (non-hydrogen) atoms. The van der Waals surface area contributed by atoms with Gasteiger partial charge in [-0.1, -0.05) is 24.3 Å². The maximum Gasteiger partial charge on any atom is 0.297 e. The number of anilines is 1. The average molecular weight is 352 g/mol. The van der Waals surface area contributed by atoms with Crippen molar-refractivity contribution in [3.8, 4) is 5.69 Å². The molecule has 0 aliphatic carbocycles. The van der Waals surface area contributed by atoms with Gasteiger partial charge in [-0.05, 0) is 29.8 Å². The Hall–Kier alpha value is -3.42. The lowest BCUT2D eigenvalue weighted by atomic mass is 10.2. The topological polar surface area (TPSA) is 68.5 Å². The zero-order valence-electron chi connectivity index (χ0n) is 13.5. The van der Waals surface area contributed by atoms with E-state index >= 15 is 0 Å². The molecule has 0 radical (unpaired) electrons. The third-order valence-electron chi connectivity index (χ3n) is 3.90. The Morgan fingerprint density at radius 2 is 1.81 bits per heavy atom. The minimum Gasteiger partial charge on any atom is -0.365 e. The summed E-state index contributed by atoms with van der Waals surface area (Å²) in [5, 5.41) is 7.91. The summed E-state index contributed by atoms with van der Waals surface area (Å²) in [5.41, 5.74) is 2.36. The van der Waals surface area contributed by atoms with E-state index in [9.17, 15) is 8.78 Å². The number of alkyl halides is 2. The van der Waals surface area contributed by atoms with Crippen LogP contribution in [0.2, 0.25) is 0 Å². The van der Waals surface area contributed by atoms with Crippen LogP contribution in [0.15, 0.2) is 61.2 Å². The number of aromatic nitrogens is 5. The number of hydrogen-bond donors (Lipinski definition) is 1. The number of fused-ring (bicyclic) bond motifs is 1. The van der Waals surface area contributed by atoms with E-state index < -0.39 is 12.2 Å². The van der Waals surface area contributed by atoms with Crippen LogP contribution in [0.1, 0.15) is 17.8 Å². The molecule has 8 heteroatoms. The fourth-order valence-electron chi connectivity index (χ4n) is 2.62. The van der Waals surface area contributed by atoms with E-state index in [-0.39, 0.29) is 0 Å². The van der Waals surface area contributed by atoms with Crippen molar-refractivity contribution in [3.05, 3.63) is 72.6 Å². The zero-order chi connectivity index (χ0) is 17.9. The molecule has 4 aromatic rings. The SMILES string of the molecule is FC(F)c1nc(NCc2ccc(-n3cncn3)cc2)c2ccccc2n1. The first kappa shape index (κ1) is 16.1. The summed E-state index contributed by atoms with van der Waals surface area (Å²) in [6, 6.07) is 14.8. The number of nitrogens with zero attached hydrogens (tertiary/aromatic N) is 5. The number of benzene rings is 2. The standard InChI is InChI=1S/C18H14F2N6/c19-16(20)18-24-15-4-2-1-3-14(15)17(25-18)22-9-12-5-7-13(8-6-12)26-11-21-10-23-26/h1-8,10-11,16H,9H2,(H,22,24,25). The molecule has 0 aliphatic rings. The van der Waals surface area contributed by atoms with Crippen LogP contribution in [-0.4, -0.2) is 24.7 Å². The van der Waals surface area contributed by atoms with Crippen LogP contribution in [0.3, 0.4) is 0 Å². The zero-order valence-corrected chi connectivity index (χ0v) is 13.5. The summed E-state index contributed by atoms with van der Waals surface area (Å²) in [6.07, 6.45) is 0.365. The van der Waals surface area contributed by atoms with Gasteiger partial charge in [0.2, 0.25) is 0 Å². The van der Waals surface area contributed by atoms with Crippen LogP contribution in [0.5, 0.6) is 0 Å². The maximum absolute atomic E-state index is 13.1. The molecule has 2 heterocycles. The van der Waals surface area contributed by atoms with Crippen molar-refractivity contribution in [1.82, 2.24) is 24.7 Å². The molecule has 0 spiro atoms. The third-order valence-corrected chi connectivity index (χ3v) is 3.90. The van der Waals surface area contributed by atoms with Crippen LogP contribution >= 0.6 is 0 Å². The maximum atomic E-state index is 13.1. The van der Waals surface area contributed by atoms with E-state index in [1.807, 2.05) is 30.3 Å². The van der Waals surface area contributed by atoms with Gasteiger partial charge in [0.05, 0.1) is 11.2 Å². The lowest BCUT2D eigenvalue weighted by Gasteiger charge is -2.11. The number of para-hydroxylation sites is 1. The number of halogens is 2. The minimum atomic E-state index is -2.72. The van der Waals surface area contributed by atoms with Crippen LogP contribution in [0.4, 0.5) is 14.6 Å². The van der Waals surface area contributed by atoms with Crippen LogP contribution in [0.25, 0.3) is 16.6 Å². The fraction of sp³-hybridized carbons (Fsp3) is 0.111. The Bertz CT molecular complexity index is 1020. The van der Waals surface area contributed by atoms with E-state index in [2.05, 4.69) is 25.4 Å². The number of nitrogens with one attached hydrogen (secondary N) is 1. The third kappa shape index (κ3) is 3.21. The molecule has 0 unspecified atom stereocenters. The molecule has 0 saturated heterocycles. The molecular formula is C18H14F2N6. The molecule has 2 aromatic carbocycles. The van der Waals surface area contributed by atoms with E-state index in [0.717, 1.165) is 11.3 Å². The van der Waals surface area contributed by atoms with Crippen molar-refractivity contribution in [2.45, 2.75) is 13.0 Å². The van der Waals surface area contributed by atoms with E-state index in [0.29, 0.717) is 23.3 Å². The molecule has 0 bridgehead atoms. The van der Waals surface area contributed by atoms with E-state index in [1.54, 1.807) is 29.2 Å². The van der Waals surface area contributed by atoms with Crippen molar-refractivity contribution >= 4 is 16.7 Å². The predicted octanol–water partition coefficient (Wildman–Crippen LogP) is 3.76. The Morgan fingerprint density at radius 1 is 1.00 bits per heavy atom. The second-order valence-electron chi connectivity index (χ2n) is 5.61. The Labute approximate surface area is 147 Å². The average Bonchev–Trinajstić information content (AvgIpc) is 3.21. The highest BCUT2D eigenvalue weighted by Gasteiger charge is 2.14. The summed E-state index contributed by atoms with van der Waals surface area (Å²) >= 11 is 0. The fourth-order valence-corrected chi connectivity index (χ4v) is 2.62. The first-order chi connectivity index (χ1) is 12.7. The Balaban J connectivity index is 1.57. The first-order valence-electron chi connectivity index (χ1n) is 7.93. The first-order valence-corrected chi connectivity index (χ1v) is 7.93. The largest absolute Gasteiger partial charge is 0.365 e. The van der Waals surface area contributed by atoms with Gasteiger partial charge in [-0.2, -0.15) is 5.10 Å². The second-order valence-corrected chi connectivity index (χ2v) is 5.61. The van der Waals surface area contributed by atoms with Crippen molar-refractivity contribution in [2.75, 3.05) is 5.32 Å². The molecular weight excluding hydrogens is 338 g/mol. The van der Waals surface area contributed by atoms with Gasteiger partial charge >= 0.3 is 0 Å². The Kier molecular flexibility index (Phi) is 4.22. The highest BCUT2D eigenvalue weighted by molar-refractivity contribution is 5.89. The van der Waals surface area contributed by atoms with Crippen molar-refractivity contribution in [1.29, 1.82) is 0 Å². The molecule has 2 aromatic heterocycles. The lowest BCUT2D eigenvalue weighted by Crippen LogP contribution is -2.06. The molecule has 6 nitrogen and oxygen atoms in total. The highest BCUT2D eigenvalue weighted by atomic mass is 19.3. The molecule has 0 atom stereocenters. The van der Waals surface area contributed by atoms with Gasteiger partial charge in [0.1, 0.15) is 18.5 Å². The van der Waals surface area contributed by atoms with Gasteiger partial charge in [-0.25, -0.2) is 28.4 Å². The van der Waals surface area contributed by atoms with Crippen LogP contribution < -0.4 is 5.32 Å². The van der Waals surface area contributed by atoms with Gasteiger partial charge in [0, 0.05) is 11.9 Å². The minimum absolute atomic E-state index is 0.395. The van der Waals surface area contributed by atoms with Gasteiger partial charge in [0.25, 0.3) is 6.43 Å². The van der Waals surface area contributed by atoms with E-state index in [4.69, 9.17) is 0 Å². The van der Waals surface area contributed by atoms with Crippen LogP contribution in [-0.2, 0) is 6.54 Å². The summed E-state index contributed by atoms with van der Waals surface area (Å²) in [6.45, 7) is 0.446. The van der Waals surface area contributed by atoms with Crippen LogP contribution in [0, 0.1) is 0 Å². The van der Waals surface area contributed by atoms with Gasteiger partial charge in [0.15, 0.2) is 5.82 Å². The van der Waals surface area contributed by atoms with Gasteiger partial charge in [-0.15, -0.1) is 0 Å². The highest BCUT2D eigenvalue weighted by Crippen LogP contribution is 2.24. The molecule has 130 valence electrons. The summed E-state index contributed by atoms with van der Waals surface area (Å²) in [4.78, 5) is 11.8. The molecule has 0 aliphatic heterocycles. The monoisotopic (exact) mass is 352 g/mol. The van der Waals surface area contributed by atoms with Gasteiger partial charge < -0.3 is 5.32 Å². The number of rotatable bonds is 5. The molecule has 0 fully saturated rings. The van der Waals surface area contributed by atoms with Crippen molar-refractivity contribution in [3.63, 3.8) is 0 Å². The molecule has 0 saturated carbocycles. The lowest BCUT2D eigenvalue weighted by molar-refractivity contribution is 0.141. The summed E-state index contributed by atoms with van der Waals surface area (Å²) in [7, 11) is 0.